The van der Waals surface area contributed by atoms with Crippen molar-refractivity contribution in [2.75, 3.05) is 0 Å². The fraction of sp³-hybridized carbons (Fsp3) is 0.480. The Kier molecular flexibility index (Phi) is 6.44. The SMILES string of the molecule is CC(C)(C)OC(=O)NC1CC(O[Si](c2ccccc2)(c2ccccc2)C(C)(C)C)C1. The van der Waals surface area contributed by atoms with Crippen molar-refractivity contribution in [2.45, 2.75) is 77.2 Å². The molecule has 4 nitrogen and oxygen atoms in total. The lowest BCUT2D eigenvalue weighted by molar-refractivity contribution is 0.0343. The quantitative estimate of drug-likeness (QED) is 0.711. The summed E-state index contributed by atoms with van der Waals surface area (Å²) in [5.41, 5.74) is -0.487. The third-order valence-electron chi connectivity index (χ3n) is 5.58. The molecule has 1 saturated carbocycles. The molecule has 0 bridgehead atoms. The van der Waals surface area contributed by atoms with Crippen LogP contribution >= 0.6 is 0 Å². The van der Waals surface area contributed by atoms with Crippen molar-refractivity contribution in [3.05, 3.63) is 60.7 Å². The lowest BCUT2D eigenvalue weighted by Gasteiger charge is -2.48. The van der Waals surface area contributed by atoms with Crippen molar-refractivity contribution < 1.29 is 14.0 Å². The topological polar surface area (TPSA) is 47.6 Å². The summed E-state index contributed by atoms with van der Waals surface area (Å²) in [7, 11) is -2.53. The van der Waals surface area contributed by atoms with Gasteiger partial charge in [-0.1, -0.05) is 81.4 Å². The molecule has 0 saturated heterocycles. The summed E-state index contributed by atoms with van der Waals surface area (Å²) in [6.45, 7) is 12.5. The second-order valence-electron chi connectivity index (χ2n) is 10.2. The minimum absolute atomic E-state index is 0.0423. The summed E-state index contributed by atoms with van der Waals surface area (Å²) < 4.78 is 12.5. The van der Waals surface area contributed by atoms with Gasteiger partial charge in [-0.15, -0.1) is 0 Å². The van der Waals surface area contributed by atoms with Gasteiger partial charge in [0.05, 0.1) is 0 Å². The van der Waals surface area contributed by atoms with E-state index in [1.54, 1.807) is 0 Å². The van der Waals surface area contributed by atoms with E-state index in [2.05, 4.69) is 86.8 Å². The molecule has 0 unspecified atom stereocenters. The Labute approximate surface area is 182 Å². The van der Waals surface area contributed by atoms with Crippen molar-refractivity contribution in [3.63, 3.8) is 0 Å². The van der Waals surface area contributed by atoms with E-state index in [4.69, 9.17) is 9.16 Å². The normalized spacial score (nSPS) is 19.7. The van der Waals surface area contributed by atoms with E-state index in [1.165, 1.54) is 10.4 Å². The van der Waals surface area contributed by atoms with Crippen LogP contribution in [0.1, 0.15) is 54.4 Å². The molecule has 0 heterocycles. The number of nitrogens with one attached hydrogen (secondary N) is 1. The van der Waals surface area contributed by atoms with Gasteiger partial charge in [-0.3, -0.25) is 0 Å². The molecule has 1 fully saturated rings. The van der Waals surface area contributed by atoms with Gasteiger partial charge in [0, 0.05) is 12.1 Å². The van der Waals surface area contributed by atoms with Crippen LogP contribution in [0.15, 0.2) is 60.7 Å². The van der Waals surface area contributed by atoms with Crippen LogP contribution < -0.4 is 15.7 Å². The summed E-state index contributed by atoms with van der Waals surface area (Å²) in [5.74, 6) is 0. The minimum Gasteiger partial charge on any atom is -0.444 e. The molecule has 0 aliphatic heterocycles. The van der Waals surface area contributed by atoms with E-state index < -0.39 is 13.9 Å². The molecule has 0 aromatic heterocycles. The average molecular weight is 426 g/mol. The van der Waals surface area contributed by atoms with E-state index in [1.807, 2.05) is 20.8 Å². The molecule has 1 N–H and O–H groups in total. The number of amides is 1. The lowest BCUT2D eigenvalue weighted by Crippen LogP contribution is -2.69. The van der Waals surface area contributed by atoms with Crippen LogP contribution in [-0.4, -0.2) is 32.2 Å². The van der Waals surface area contributed by atoms with E-state index in [0.29, 0.717) is 0 Å². The van der Waals surface area contributed by atoms with Crippen molar-refractivity contribution >= 4 is 24.8 Å². The number of hydrogen-bond donors (Lipinski definition) is 1. The predicted octanol–water partition coefficient (Wildman–Crippen LogP) is 4.62. The molecule has 0 radical (unpaired) electrons. The number of ether oxygens (including phenoxy) is 1. The average Bonchev–Trinajstić information content (AvgIpc) is 2.62. The molecule has 1 aliphatic carbocycles. The van der Waals surface area contributed by atoms with Gasteiger partial charge in [0.15, 0.2) is 0 Å². The molecule has 1 amide bonds. The fourth-order valence-corrected chi connectivity index (χ4v) is 8.90. The Hall–Kier alpha value is -2.11. The summed E-state index contributed by atoms with van der Waals surface area (Å²) in [6, 6.07) is 21.4. The molecular formula is C25H35NO3Si. The van der Waals surface area contributed by atoms with Crippen LogP contribution in [0.2, 0.25) is 5.04 Å². The number of rotatable bonds is 5. The Bertz CT molecular complexity index is 795. The summed E-state index contributed by atoms with van der Waals surface area (Å²) in [6.07, 6.45) is 1.39. The molecule has 0 atom stereocenters. The minimum atomic E-state index is -2.53. The second-order valence-corrected chi connectivity index (χ2v) is 14.5. The third kappa shape index (κ3) is 4.95. The van der Waals surface area contributed by atoms with Crippen molar-refractivity contribution in [1.29, 1.82) is 0 Å². The van der Waals surface area contributed by atoms with E-state index in [9.17, 15) is 4.79 Å². The van der Waals surface area contributed by atoms with Gasteiger partial charge in [0.25, 0.3) is 8.32 Å². The van der Waals surface area contributed by atoms with Gasteiger partial charge < -0.3 is 14.5 Å². The van der Waals surface area contributed by atoms with E-state index in [-0.39, 0.29) is 23.3 Å². The Balaban J connectivity index is 1.81. The van der Waals surface area contributed by atoms with Gasteiger partial charge in [0.1, 0.15) is 5.60 Å². The number of carbonyl (C=O) groups is 1. The van der Waals surface area contributed by atoms with Crippen molar-refractivity contribution in [2.24, 2.45) is 0 Å². The van der Waals surface area contributed by atoms with Crippen molar-refractivity contribution in [3.8, 4) is 0 Å². The third-order valence-corrected chi connectivity index (χ3v) is 10.7. The molecule has 162 valence electrons. The number of carbonyl (C=O) groups excluding carboxylic acids is 1. The Morgan fingerprint density at radius 2 is 1.33 bits per heavy atom. The van der Waals surface area contributed by atoms with Crippen molar-refractivity contribution in [1.82, 2.24) is 5.32 Å². The van der Waals surface area contributed by atoms with Crippen LogP contribution in [0.4, 0.5) is 4.79 Å². The predicted molar refractivity (Wildman–Crippen MR) is 125 cm³/mol. The van der Waals surface area contributed by atoms with Gasteiger partial charge in [-0.2, -0.15) is 0 Å². The number of hydrogen-bond acceptors (Lipinski definition) is 3. The van der Waals surface area contributed by atoms with Gasteiger partial charge in [-0.05, 0) is 49.0 Å². The molecule has 5 heteroatoms. The van der Waals surface area contributed by atoms with E-state index >= 15 is 0 Å². The maximum absolute atomic E-state index is 12.1. The summed E-state index contributed by atoms with van der Waals surface area (Å²) in [5, 5.41) is 5.51. The molecule has 1 aliphatic rings. The van der Waals surface area contributed by atoms with Gasteiger partial charge in [0.2, 0.25) is 0 Å². The molecule has 2 aromatic rings. The Morgan fingerprint density at radius 1 is 0.867 bits per heavy atom. The van der Waals surface area contributed by atoms with Crippen LogP contribution in [0, 0.1) is 0 Å². The molecule has 2 aromatic carbocycles. The first-order chi connectivity index (χ1) is 14.0. The van der Waals surface area contributed by atoms with Crippen LogP contribution in [0.5, 0.6) is 0 Å². The Morgan fingerprint density at radius 3 is 1.73 bits per heavy atom. The smallest absolute Gasteiger partial charge is 0.407 e. The maximum atomic E-state index is 12.1. The first-order valence-electron chi connectivity index (χ1n) is 10.8. The van der Waals surface area contributed by atoms with Crippen LogP contribution in [0.3, 0.4) is 0 Å². The summed E-state index contributed by atoms with van der Waals surface area (Å²) in [4.78, 5) is 12.1. The monoisotopic (exact) mass is 425 g/mol. The largest absolute Gasteiger partial charge is 0.444 e. The maximum Gasteiger partial charge on any atom is 0.407 e. The van der Waals surface area contributed by atoms with Crippen LogP contribution in [-0.2, 0) is 9.16 Å². The highest BCUT2D eigenvalue weighted by Gasteiger charge is 2.52. The summed E-state index contributed by atoms with van der Waals surface area (Å²) >= 11 is 0. The first-order valence-corrected chi connectivity index (χ1v) is 12.7. The molecule has 30 heavy (non-hydrogen) atoms. The zero-order valence-corrected chi connectivity index (χ0v) is 20.1. The number of benzene rings is 2. The van der Waals surface area contributed by atoms with Gasteiger partial charge >= 0.3 is 6.09 Å². The molecule has 3 rings (SSSR count). The highest BCUT2D eigenvalue weighted by molar-refractivity contribution is 6.99. The lowest BCUT2D eigenvalue weighted by atomic mass is 9.90. The molecule has 0 spiro atoms. The van der Waals surface area contributed by atoms with Gasteiger partial charge in [-0.25, -0.2) is 4.79 Å². The second kappa shape index (κ2) is 8.56. The fourth-order valence-electron chi connectivity index (χ4n) is 4.20. The molecular weight excluding hydrogens is 390 g/mol. The highest BCUT2D eigenvalue weighted by Crippen LogP contribution is 2.40. The first kappa shape index (κ1) is 22.6. The van der Waals surface area contributed by atoms with Crippen LogP contribution in [0.25, 0.3) is 0 Å². The van der Waals surface area contributed by atoms with E-state index in [0.717, 1.165) is 12.8 Å². The zero-order valence-electron chi connectivity index (χ0n) is 19.1. The number of alkyl carbamates (subject to hydrolysis) is 1. The zero-order chi connectivity index (χ0) is 22.0. The highest BCUT2D eigenvalue weighted by atomic mass is 28.4. The standard InChI is InChI=1S/C25H35NO3Si/c1-24(2,3)28-23(27)26-19-17-20(18-19)29-30(25(4,5)6,21-13-9-7-10-14-21)22-15-11-8-12-16-22/h7-16,19-20H,17-18H2,1-6H3,(H,26,27).